The van der Waals surface area contributed by atoms with Crippen LogP contribution in [0, 0.1) is 5.92 Å². The molecule has 0 radical (unpaired) electrons. The Bertz CT molecular complexity index is 640. The van der Waals surface area contributed by atoms with Crippen molar-refractivity contribution in [2.45, 2.75) is 40.0 Å². The lowest BCUT2D eigenvalue weighted by Gasteiger charge is -2.31. The Labute approximate surface area is 142 Å². The maximum Gasteiger partial charge on any atom is 0.313 e. The van der Waals surface area contributed by atoms with E-state index in [0.717, 1.165) is 30.5 Å². The van der Waals surface area contributed by atoms with Crippen LogP contribution in [-0.2, 0) is 20.8 Å². The first-order valence-corrected chi connectivity index (χ1v) is 8.47. The van der Waals surface area contributed by atoms with Crippen LogP contribution in [-0.4, -0.2) is 30.8 Å². The van der Waals surface area contributed by atoms with Crippen LogP contribution < -0.4 is 15.5 Å². The molecule has 2 rings (SSSR count). The van der Waals surface area contributed by atoms with E-state index < -0.39 is 11.8 Å². The van der Waals surface area contributed by atoms with E-state index in [-0.39, 0.29) is 11.8 Å². The number of nitrogens with zero attached hydrogens (tertiary/aromatic N) is 1. The summed E-state index contributed by atoms with van der Waals surface area (Å²) in [7, 11) is 0. The predicted molar refractivity (Wildman–Crippen MR) is 93.9 cm³/mol. The first-order chi connectivity index (χ1) is 11.4. The topological polar surface area (TPSA) is 78.5 Å². The number of hydrogen-bond donors (Lipinski definition) is 2. The first-order valence-electron chi connectivity index (χ1n) is 8.47. The van der Waals surface area contributed by atoms with Crippen molar-refractivity contribution in [3.63, 3.8) is 0 Å². The molecule has 1 aliphatic rings. The van der Waals surface area contributed by atoms with Gasteiger partial charge in [-0.1, -0.05) is 26.8 Å². The minimum absolute atomic E-state index is 0.0696. The van der Waals surface area contributed by atoms with Gasteiger partial charge in [-0.25, -0.2) is 0 Å². The smallest absolute Gasteiger partial charge is 0.313 e. The minimum atomic E-state index is -0.694. The molecule has 0 saturated heterocycles. The Hall–Kier alpha value is -2.37. The number of nitrogens with one attached hydrogen (secondary N) is 2. The second-order valence-corrected chi connectivity index (χ2v) is 6.30. The summed E-state index contributed by atoms with van der Waals surface area (Å²) in [4.78, 5) is 37.7. The van der Waals surface area contributed by atoms with Crippen LogP contribution in [0.25, 0.3) is 0 Å². The van der Waals surface area contributed by atoms with E-state index >= 15 is 0 Å². The molecular weight excluding hydrogens is 306 g/mol. The van der Waals surface area contributed by atoms with Crippen molar-refractivity contribution in [1.82, 2.24) is 5.32 Å². The molecule has 0 unspecified atom stereocenters. The van der Waals surface area contributed by atoms with Crippen LogP contribution in [0.4, 0.5) is 11.4 Å². The van der Waals surface area contributed by atoms with E-state index in [4.69, 9.17) is 0 Å². The van der Waals surface area contributed by atoms with Gasteiger partial charge in [0.1, 0.15) is 0 Å². The van der Waals surface area contributed by atoms with Gasteiger partial charge < -0.3 is 15.5 Å². The number of carbonyl (C=O) groups is 3. The summed E-state index contributed by atoms with van der Waals surface area (Å²) >= 11 is 0. The van der Waals surface area contributed by atoms with Crippen molar-refractivity contribution < 1.29 is 14.4 Å². The zero-order valence-corrected chi connectivity index (χ0v) is 14.5. The van der Waals surface area contributed by atoms with Gasteiger partial charge >= 0.3 is 11.8 Å². The Morgan fingerprint density at radius 1 is 1.21 bits per heavy atom. The van der Waals surface area contributed by atoms with Crippen molar-refractivity contribution >= 4 is 29.1 Å². The molecule has 2 N–H and O–H groups in total. The van der Waals surface area contributed by atoms with E-state index in [9.17, 15) is 14.4 Å². The van der Waals surface area contributed by atoms with E-state index in [1.807, 2.05) is 26.8 Å². The predicted octanol–water partition coefficient (Wildman–Crippen LogP) is 2.09. The van der Waals surface area contributed by atoms with Crippen molar-refractivity contribution in [3.8, 4) is 0 Å². The van der Waals surface area contributed by atoms with Crippen LogP contribution in [0.2, 0.25) is 0 Å². The molecule has 0 aromatic heterocycles. The summed E-state index contributed by atoms with van der Waals surface area (Å²) < 4.78 is 0. The molecule has 0 atom stereocenters. The highest BCUT2D eigenvalue weighted by molar-refractivity contribution is 6.39. The number of anilines is 2. The molecule has 1 aliphatic heterocycles. The SMILES string of the molecule is CCCNC(=O)C(=O)Nc1ccc2c(c1)N(C(=O)C(C)C)CCC2. The third-order valence-electron chi connectivity index (χ3n) is 3.96. The third-order valence-corrected chi connectivity index (χ3v) is 3.96. The quantitative estimate of drug-likeness (QED) is 0.829. The molecule has 130 valence electrons. The van der Waals surface area contributed by atoms with Crippen LogP contribution in [0.3, 0.4) is 0 Å². The molecule has 6 nitrogen and oxygen atoms in total. The van der Waals surface area contributed by atoms with Gasteiger partial charge in [0.25, 0.3) is 0 Å². The number of fused-ring (bicyclic) bond motifs is 1. The number of carbonyl (C=O) groups excluding carboxylic acids is 3. The summed E-state index contributed by atoms with van der Waals surface area (Å²) in [5.74, 6) is -1.36. The summed E-state index contributed by atoms with van der Waals surface area (Å²) in [5.41, 5.74) is 2.43. The molecule has 0 aliphatic carbocycles. The Kier molecular flexibility index (Phi) is 5.95. The summed E-state index contributed by atoms with van der Waals surface area (Å²) in [6.07, 6.45) is 2.60. The molecule has 24 heavy (non-hydrogen) atoms. The molecule has 1 aromatic carbocycles. The lowest BCUT2D eigenvalue weighted by Crippen LogP contribution is -2.38. The van der Waals surface area contributed by atoms with Gasteiger partial charge in [0.15, 0.2) is 0 Å². The fraction of sp³-hybridized carbons (Fsp3) is 0.500. The van der Waals surface area contributed by atoms with Gasteiger partial charge in [0.05, 0.1) is 0 Å². The molecule has 0 bridgehead atoms. The van der Waals surface area contributed by atoms with E-state index in [1.54, 1.807) is 17.0 Å². The molecular formula is C18H25N3O3. The number of rotatable bonds is 4. The summed E-state index contributed by atoms with van der Waals surface area (Å²) in [5, 5.41) is 5.14. The minimum Gasteiger partial charge on any atom is -0.348 e. The number of amides is 3. The fourth-order valence-electron chi connectivity index (χ4n) is 2.70. The van der Waals surface area contributed by atoms with Gasteiger partial charge in [0, 0.05) is 30.4 Å². The summed E-state index contributed by atoms with van der Waals surface area (Å²) in [6, 6.07) is 5.46. The van der Waals surface area contributed by atoms with Crippen LogP contribution in [0.1, 0.15) is 39.2 Å². The Morgan fingerprint density at radius 2 is 1.96 bits per heavy atom. The number of aryl methyl sites for hydroxylation is 1. The van der Waals surface area contributed by atoms with Crippen LogP contribution >= 0.6 is 0 Å². The van der Waals surface area contributed by atoms with Crippen molar-refractivity contribution in [3.05, 3.63) is 23.8 Å². The molecule has 3 amide bonds. The third kappa shape index (κ3) is 4.13. The first kappa shape index (κ1) is 18.0. The normalized spacial score (nSPS) is 13.4. The van der Waals surface area contributed by atoms with E-state index in [2.05, 4.69) is 10.6 Å². The zero-order chi connectivity index (χ0) is 17.7. The Balaban J connectivity index is 2.17. The monoisotopic (exact) mass is 331 g/mol. The Morgan fingerprint density at radius 3 is 2.62 bits per heavy atom. The van der Waals surface area contributed by atoms with Gasteiger partial charge in [-0.3, -0.25) is 14.4 Å². The highest BCUT2D eigenvalue weighted by Gasteiger charge is 2.25. The second-order valence-electron chi connectivity index (χ2n) is 6.30. The van der Waals surface area contributed by atoms with Crippen molar-refractivity contribution in [1.29, 1.82) is 0 Å². The lowest BCUT2D eigenvalue weighted by atomic mass is 9.99. The maximum atomic E-state index is 12.4. The average molecular weight is 331 g/mol. The molecule has 0 saturated carbocycles. The summed E-state index contributed by atoms with van der Waals surface area (Å²) in [6.45, 7) is 6.81. The fourth-order valence-corrected chi connectivity index (χ4v) is 2.70. The largest absolute Gasteiger partial charge is 0.348 e. The molecule has 0 fully saturated rings. The van der Waals surface area contributed by atoms with Crippen molar-refractivity contribution in [2.24, 2.45) is 5.92 Å². The van der Waals surface area contributed by atoms with E-state index in [0.29, 0.717) is 18.8 Å². The highest BCUT2D eigenvalue weighted by atomic mass is 16.2. The number of hydrogen-bond acceptors (Lipinski definition) is 3. The standard InChI is InChI=1S/C18H25N3O3/c1-4-9-19-16(22)17(23)20-14-8-7-13-6-5-10-21(15(13)11-14)18(24)12(2)3/h7-8,11-12H,4-6,9-10H2,1-3H3,(H,19,22)(H,20,23). The zero-order valence-electron chi connectivity index (χ0n) is 14.5. The van der Waals surface area contributed by atoms with E-state index in [1.165, 1.54) is 0 Å². The average Bonchev–Trinajstić information content (AvgIpc) is 2.58. The van der Waals surface area contributed by atoms with Crippen molar-refractivity contribution in [2.75, 3.05) is 23.3 Å². The van der Waals surface area contributed by atoms with Crippen LogP contribution in [0.5, 0.6) is 0 Å². The molecule has 0 spiro atoms. The van der Waals surface area contributed by atoms with Gasteiger partial charge in [-0.2, -0.15) is 0 Å². The van der Waals surface area contributed by atoms with Crippen LogP contribution in [0.15, 0.2) is 18.2 Å². The second kappa shape index (κ2) is 7.95. The van der Waals surface area contributed by atoms with Gasteiger partial charge in [-0.15, -0.1) is 0 Å². The lowest BCUT2D eigenvalue weighted by molar-refractivity contribution is -0.136. The number of benzene rings is 1. The molecule has 1 heterocycles. The molecule has 1 aromatic rings. The van der Waals surface area contributed by atoms with Gasteiger partial charge in [0.2, 0.25) is 5.91 Å². The highest BCUT2D eigenvalue weighted by Crippen LogP contribution is 2.31. The maximum absolute atomic E-state index is 12.4. The molecule has 6 heteroatoms. The van der Waals surface area contributed by atoms with Gasteiger partial charge in [-0.05, 0) is 37.0 Å².